The smallest absolute Gasteiger partial charge is 0.215 e. The molecule has 0 amide bonds. The Morgan fingerprint density at radius 1 is 0.833 bits per heavy atom. The zero-order valence-corrected chi connectivity index (χ0v) is 17.5. The summed E-state index contributed by atoms with van der Waals surface area (Å²) in [7, 11) is 3.27. The Kier molecular flexibility index (Phi) is 6.06. The predicted octanol–water partition coefficient (Wildman–Crippen LogP) is 5.16. The monoisotopic (exact) mass is 415 g/mol. The molecule has 0 spiro atoms. The molecule has 0 aliphatic heterocycles. The average Bonchev–Trinajstić information content (AvgIpc) is 3.23. The summed E-state index contributed by atoms with van der Waals surface area (Å²) in [6, 6.07) is 25.9. The maximum Gasteiger partial charge on any atom is 0.215 e. The van der Waals surface area contributed by atoms with Crippen molar-refractivity contribution >= 4 is 17.6 Å². The molecule has 4 rings (SSSR count). The summed E-state index contributed by atoms with van der Waals surface area (Å²) < 4.78 is 13.0. The van der Waals surface area contributed by atoms with E-state index in [1.54, 1.807) is 20.4 Å². The number of aromatic nitrogens is 1. The molecule has 0 N–H and O–H groups in total. The molecule has 0 saturated heterocycles. The lowest BCUT2D eigenvalue weighted by atomic mass is 10.1. The predicted molar refractivity (Wildman–Crippen MR) is 122 cm³/mol. The van der Waals surface area contributed by atoms with E-state index in [1.165, 1.54) is 11.3 Å². The standard InChI is InChI=1S/C24H21N3O2S/c1-28-22-14-13-19(15-23(22)29-2)21-17-30-24(27(21)20-11-7-4-8-12-20)26-25-16-18-9-5-3-6-10-18/h3-17H,1-2H3/b25-16-,26-24-. The third kappa shape index (κ3) is 4.18. The maximum absolute atomic E-state index is 5.49. The Balaban J connectivity index is 1.83. The Labute approximate surface area is 179 Å². The second-order valence-corrected chi connectivity index (χ2v) is 7.24. The molecular formula is C24H21N3O2S. The number of para-hydroxylation sites is 1. The molecule has 0 atom stereocenters. The van der Waals surface area contributed by atoms with Gasteiger partial charge < -0.3 is 9.47 Å². The van der Waals surface area contributed by atoms with Gasteiger partial charge in [-0.1, -0.05) is 48.5 Å². The first-order valence-corrected chi connectivity index (χ1v) is 10.3. The molecule has 5 nitrogen and oxygen atoms in total. The van der Waals surface area contributed by atoms with E-state index in [-0.39, 0.29) is 0 Å². The molecule has 150 valence electrons. The first kappa shape index (κ1) is 19.7. The van der Waals surface area contributed by atoms with Crippen molar-refractivity contribution in [1.29, 1.82) is 0 Å². The van der Waals surface area contributed by atoms with Crippen LogP contribution in [-0.2, 0) is 0 Å². The fourth-order valence-electron chi connectivity index (χ4n) is 3.09. The van der Waals surface area contributed by atoms with Crippen molar-refractivity contribution in [2.45, 2.75) is 0 Å². The van der Waals surface area contributed by atoms with Crippen LogP contribution in [0.1, 0.15) is 5.56 Å². The van der Waals surface area contributed by atoms with Gasteiger partial charge in [-0.05, 0) is 35.9 Å². The van der Waals surface area contributed by atoms with Gasteiger partial charge in [-0.15, -0.1) is 16.4 Å². The number of nitrogens with zero attached hydrogens (tertiary/aromatic N) is 3. The van der Waals surface area contributed by atoms with Gasteiger partial charge in [0.15, 0.2) is 11.5 Å². The van der Waals surface area contributed by atoms with Crippen LogP contribution in [-0.4, -0.2) is 25.0 Å². The highest BCUT2D eigenvalue weighted by Gasteiger charge is 2.13. The van der Waals surface area contributed by atoms with E-state index < -0.39 is 0 Å². The van der Waals surface area contributed by atoms with Crippen LogP contribution in [0.4, 0.5) is 0 Å². The molecule has 0 aliphatic carbocycles. The zero-order chi connectivity index (χ0) is 20.8. The number of hydrogen-bond acceptors (Lipinski definition) is 5. The number of benzene rings is 3. The van der Waals surface area contributed by atoms with Crippen molar-refractivity contribution in [2.75, 3.05) is 14.2 Å². The van der Waals surface area contributed by atoms with Crippen molar-refractivity contribution in [2.24, 2.45) is 10.2 Å². The number of ether oxygens (including phenoxy) is 2. The second kappa shape index (κ2) is 9.24. The molecular weight excluding hydrogens is 394 g/mol. The summed E-state index contributed by atoms with van der Waals surface area (Å²) in [5.74, 6) is 1.38. The molecule has 0 aliphatic rings. The van der Waals surface area contributed by atoms with Gasteiger partial charge in [0.2, 0.25) is 4.80 Å². The summed E-state index contributed by atoms with van der Waals surface area (Å²) in [6.45, 7) is 0. The third-order valence-corrected chi connectivity index (χ3v) is 5.37. The lowest BCUT2D eigenvalue weighted by Crippen LogP contribution is -2.13. The SMILES string of the molecule is COc1ccc(-c2cs/c(=N\N=C/c3ccccc3)n2-c2ccccc2)cc1OC. The minimum absolute atomic E-state index is 0.682. The van der Waals surface area contributed by atoms with Gasteiger partial charge in [0.05, 0.1) is 26.1 Å². The minimum atomic E-state index is 0.682. The van der Waals surface area contributed by atoms with Gasteiger partial charge in [-0.2, -0.15) is 5.10 Å². The molecule has 0 saturated carbocycles. The van der Waals surface area contributed by atoms with Crippen molar-refractivity contribution in [3.05, 3.63) is 94.6 Å². The Morgan fingerprint density at radius 2 is 1.53 bits per heavy atom. The van der Waals surface area contributed by atoms with Crippen LogP contribution in [0, 0.1) is 0 Å². The van der Waals surface area contributed by atoms with E-state index in [1.807, 2.05) is 66.7 Å². The largest absolute Gasteiger partial charge is 0.493 e. The number of hydrogen-bond donors (Lipinski definition) is 0. The fraction of sp³-hybridized carbons (Fsp3) is 0.0833. The molecule has 1 aromatic heterocycles. The summed E-state index contributed by atoms with van der Waals surface area (Å²) in [4.78, 5) is 0.776. The van der Waals surface area contributed by atoms with Gasteiger partial charge in [0.25, 0.3) is 0 Å². The van der Waals surface area contributed by atoms with Crippen LogP contribution in [0.2, 0.25) is 0 Å². The summed E-state index contributed by atoms with van der Waals surface area (Å²) in [5, 5.41) is 10.9. The number of rotatable bonds is 6. The van der Waals surface area contributed by atoms with Crippen molar-refractivity contribution in [1.82, 2.24) is 4.57 Å². The highest BCUT2D eigenvalue weighted by atomic mass is 32.1. The molecule has 3 aromatic carbocycles. The van der Waals surface area contributed by atoms with Crippen LogP contribution < -0.4 is 14.3 Å². The van der Waals surface area contributed by atoms with E-state index in [9.17, 15) is 0 Å². The van der Waals surface area contributed by atoms with Crippen molar-refractivity contribution in [3.8, 4) is 28.4 Å². The quantitative estimate of drug-likeness (QED) is 0.323. The first-order chi connectivity index (χ1) is 14.8. The summed E-state index contributed by atoms with van der Waals surface area (Å²) in [5.41, 5.74) is 4.02. The number of methoxy groups -OCH3 is 2. The van der Waals surface area contributed by atoms with Crippen LogP contribution in [0.25, 0.3) is 16.9 Å². The van der Waals surface area contributed by atoms with E-state index in [0.717, 1.165) is 27.3 Å². The topological polar surface area (TPSA) is 48.1 Å². The van der Waals surface area contributed by atoms with Crippen molar-refractivity contribution in [3.63, 3.8) is 0 Å². The normalized spacial score (nSPS) is 11.7. The lowest BCUT2D eigenvalue weighted by molar-refractivity contribution is 0.355. The van der Waals surface area contributed by atoms with Gasteiger partial charge in [0.1, 0.15) is 0 Å². The molecule has 1 heterocycles. The molecule has 0 unspecified atom stereocenters. The first-order valence-electron chi connectivity index (χ1n) is 9.40. The van der Waals surface area contributed by atoms with Gasteiger partial charge in [0, 0.05) is 16.6 Å². The summed E-state index contributed by atoms with van der Waals surface area (Å²) in [6.07, 6.45) is 1.76. The Hall–Kier alpha value is -3.64. The highest BCUT2D eigenvalue weighted by Crippen LogP contribution is 2.33. The van der Waals surface area contributed by atoms with E-state index >= 15 is 0 Å². The van der Waals surface area contributed by atoms with Crippen molar-refractivity contribution < 1.29 is 9.47 Å². The highest BCUT2D eigenvalue weighted by molar-refractivity contribution is 7.07. The third-order valence-electron chi connectivity index (χ3n) is 4.55. The zero-order valence-electron chi connectivity index (χ0n) is 16.7. The molecule has 30 heavy (non-hydrogen) atoms. The van der Waals surface area contributed by atoms with Gasteiger partial charge >= 0.3 is 0 Å². The molecule has 0 bridgehead atoms. The number of thiazole rings is 1. The lowest BCUT2D eigenvalue weighted by Gasteiger charge is -2.12. The fourth-order valence-corrected chi connectivity index (χ4v) is 3.95. The molecule has 0 radical (unpaired) electrons. The van der Waals surface area contributed by atoms with Crippen LogP contribution in [0.15, 0.2) is 94.4 Å². The molecule has 0 fully saturated rings. The summed E-state index contributed by atoms with van der Waals surface area (Å²) >= 11 is 1.53. The Morgan fingerprint density at radius 3 is 2.23 bits per heavy atom. The van der Waals surface area contributed by atoms with E-state index in [0.29, 0.717) is 11.5 Å². The van der Waals surface area contributed by atoms with E-state index in [2.05, 4.69) is 32.3 Å². The minimum Gasteiger partial charge on any atom is -0.493 e. The average molecular weight is 416 g/mol. The van der Waals surface area contributed by atoms with Crippen LogP contribution in [0.5, 0.6) is 11.5 Å². The van der Waals surface area contributed by atoms with Gasteiger partial charge in [-0.3, -0.25) is 4.57 Å². The second-order valence-electron chi connectivity index (χ2n) is 6.40. The van der Waals surface area contributed by atoms with E-state index in [4.69, 9.17) is 9.47 Å². The molecule has 4 aromatic rings. The van der Waals surface area contributed by atoms with Crippen LogP contribution in [0.3, 0.4) is 0 Å². The van der Waals surface area contributed by atoms with Gasteiger partial charge in [-0.25, -0.2) is 0 Å². The molecule has 6 heteroatoms. The maximum atomic E-state index is 5.49. The van der Waals surface area contributed by atoms with Crippen LogP contribution >= 0.6 is 11.3 Å². The Bertz CT molecular complexity index is 1210.